The molecule has 3 nitrogen and oxygen atoms in total. The molecule has 18 heavy (non-hydrogen) atoms. The zero-order valence-electron chi connectivity index (χ0n) is 11.3. The highest BCUT2D eigenvalue weighted by Gasteiger charge is 2.13. The van der Waals surface area contributed by atoms with E-state index < -0.39 is 0 Å². The van der Waals surface area contributed by atoms with Gasteiger partial charge in [-0.3, -0.25) is 4.90 Å². The van der Waals surface area contributed by atoms with Crippen LogP contribution in [0.4, 0.5) is 0 Å². The highest BCUT2D eigenvalue weighted by molar-refractivity contribution is 5.82. The Kier molecular flexibility index (Phi) is 4.39. The van der Waals surface area contributed by atoms with Crippen LogP contribution in [0.15, 0.2) is 30.5 Å². The van der Waals surface area contributed by atoms with Gasteiger partial charge in [-0.1, -0.05) is 25.1 Å². The quantitative estimate of drug-likeness (QED) is 0.822. The molecule has 1 aromatic carbocycles. The molecule has 0 saturated carbocycles. The van der Waals surface area contributed by atoms with Crippen molar-refractivity contribution < 1.29 is 0 Å². The number of para-hydroxylation sites is 1. The summed E-state index contributed by atoms with van der Waals surface area (Å²) >= 11 is 0. The van der Waals surface area contributed by atoms with Crippen molar-refractivity contribution in [1.82, 2.24) is 9.88 Å². The smallest absolute Gasteiger partial charge is 0.0457 e. The number of nitrogens with two attached hydrogens (primary N) is 1. The number of hydrogen-bond donors (Lipinski definition) is 2. The monoisotopic (exact) mass is 245 g/mol. The zero-order chi connectivity index (χ0) is 13.0. The Morgan fingerprint density at radius 1 is 1.33 bits per heavy atom. The predicted molar refractivity (Wildman–Crippen MR) is 77.5 cm³/mol. The fourth-order valence-corrected chi connectivity index (χ4v) is 2.36. The first-order valence-corrected chi connectivity index (χ1v) is 6.75. The summed E-state index contributed by atoms with van der Waals surface area (Å²) in [6.07, 6.45) is 3.28. The fourth-order valence-electron chi connectivity index (χ4n) is 2.36. The Bertz CT molecular complexity index is 489. The summed E-state index contributed by atoms with van der Waals surface area (Å²) in [4.78, 5) is 5.79. The molecule has 1 unspecified atom stereocenters. The number of aromatic amines is 1. The summed E-state index contributed by atoms with van der Waals surface area (Å²) in [5.74, 6) is 0. The average molecular weight is 245 g/mol. The molecule has 0 fully saturated rings. The summed E-state index contributed by atoms with van der Waals surface area (Å²) in [5, 5.41) is 1.32. The third-order valence-electron chi connectivity index (χ3n) is 3.68. The van der Waals surface area contributed by atoms with E-state index in [1.165, 1.54) is 16.5 Å². The fraction of sp³-hybridized carbons (Fsp3) is 0.467. The summed E-state index contributed by atoms with van der Waals surface area (Å²) in [7, 11) is 0. The molecule has 0 aliphatic heterocycles. The molecule has 2 rings (SSSR count). The third-order valence-corrected chi connectivity index (χ3v) is 3.68. The number of nitrogens with one attached hydrogen (secondary N) is 1. The van der Waals surface area contributed by atoms with Gasteiger partial charge in [0.2, 0.25) is 0 Å². The van der Waals surface area contributed by atoms with Crippen molar-refractivity contribution in [3.63, 3.8) is 0 Å². The Morgan fingerprint density at radius 3 is 2.83 bits per heavy atom. The van der Waals surface area contributed by atoms with Crippen molar-refractivity contribution in [2.45, 2.75) is 32.9 Å². The molecule has 0 saturated heterocycles. The molecule has 0 spiro atoms. The summed E-state index contributed by atoms with van der Waals surface area (Å²) in [5.41, 5.74) is 8.29. The number of hydrogen-bond acceptors (Lipinski definition) is 2. The molecule has 0 aliphatic rings. The van der Waals surface area contributed by atoms with Crippen LogP contribution in [-0.2, 0) is 6.54 Å². The van der Waals surface area contributed by atoms with Crippen LogP contribution in [-0.4, -0.2) is 29.0 Å². The molecule has 1 atom stereocenters. The number of rotatable bonds is 6. The highest BCUT2D eigenvalue weighted by Crippen LogP contribution is 2.20. The molecule has 3 N–H and O–H groups in total. The number of nitrogens with zero attached hydrogens (tertiary/aromatic N) is 1. The standard InChI is InChI=1S/C15H23N3/c1-3-12(2)18(9-8-16)11-13-10-17-15-7-5-4-6-14(13)15/h4-7,10,12,17H,3,8-9,11,16H2,1-2H3. The SMILES string of the molecule is CCC(C)N(CCN)Cc1c[nH]c2ccccc12. The number of aromatic nitrogens is 1. The Labute approximate surface area is 109 Å². The van der Waals surface area contributed by atoms with Gasteiger partial charge < -0.3 is 10.7 Å². The first-order valence-electron chi connectivity index (χ1n) is 6.75. The minimum atomic E-state index is 0.571. The van der Waals surface area contributed by atoms with Crippen molar-refractivity contribution in [2.75, 3.05) is 13.1 Å². The normalized spacial score (nSPS) is 13.3. The molecule has 2 aromatic rings. The maximum absolute atomic E-state index is 5.71. The van der Waals surface area contributed by atoms with Crippen molar-refractivity contribution in [3.05, 3.63) is 36.0 Å². The maximum Gasteiger partial charge on any atom is 0.0457 e. The third kappa shape index (κ3) is 2.74. The van der Waals surface area contributed by atoms with Crippen molar-refractivity contribution in [3.8, 4) is 0 Å². The van der Waals surface area contributed by atoms with Crippen LogP contribution in [0.2, 0.25) is 0 Å². The minimum Gasteiger partial charge on any atom is -0.361 e. The highest BCUT2D eigenvalue weighted by atomic mass is 15.2. The van der Waals surface area contributed by atoms with Gasteiger partial charge in [0.05, 0.1) is 0 Å². The topological polar surface area (TPSA) is 45.0 Å². The Balaban J connectivity index is 2.20. The predicted octanol–water partition coefficient (Wildman–Crippen LogP) is 2.73. The molecule has 98 valence electrons. The van der Waals surface area contributed by atoms with E-state index in [0.29, 0.717) is 12.6 Å². The van der Waals surface area contributed by atoms with Gasteiger partial charge in [0.15, 0.2) is 0 Å². The van der Waals surface area contributed by atoms with Gasteiger partial charge >= 0.3 is 0 Å². The second kappa shape index (κ2) is 6.03. The van der Waals surface area contributed by atoms with E-state index in [4.69, 9.17) is 5.73 Å². The van der Waals surface area contributed by atoms with E-state index in [1.54, 1.807) is 0 Å². The van der Waals surface area contributed by atoms with Crippen LogP contribution >= 0.6 is 0 Å². The summed E-state index contributed by atoms with van der Waals surface area (Å²) in [6, 6.07) is 9.03. The van der Waals surface area contributed by atoms with Crippen molar-refractivity contribution in [1.29, 1.82) is 0 Å². The lowest BCUT2D eigenvalue weighted by Crippen LogP contribution is -2.36. The maximum atomic E-state index is 5.71. The van der Waals surface area contributed by atoms with Crippen LogP contribution in [0.25, 0.3) is 10.9 Å². The van der Waals surface area contributed by atoms with E-state index in [-0.39, 0.29) is 0 Å². The van der Waals surface area contributed by atoms with E-state index >= 15 is 0 Å². The molecule has 0 radical (unpaired) electrons. The van der Waals surface area contributed by atoms with E-state index in [9.17, 15) is 0 Å². The molecular weight excluding hydrogens is 222 g/mol. The summed E-state index contributed by atoms with van der Waals surface area (Å²) < 4.78 is 0. The van der Waals surface area contributed by atoms with Gasteiger partial charge in [0, 0.05) is 42.8 Å². The Morgan fingerprint density at radius 2 is 2.11 bits per heavy atom. The molecule has 0 bridgehead atoms. The molecule has 3 heteroatoms. The minimum absolute atomic E-state index is 0.571. The summed E-state index contributed by atoms with van der Waals surface area (Å²) in [6.45, 7) is 7.13. The number of benzene rings is 1. The van der Waals surface area contributed by atoms with Crippen LogP contribution in [0.5, 0.6) is 0 Å². The van der Waals surface area contributed by atoms with Gasteiger partial charge in [0.1, 0.15) is 0 Å². The van der Waals surface area contributed by atoms with Gasteiger partial charge in [0.25, 0.3) is 0 Å². The first kappa shape index (κ1) is 13.1. The van der Waals surface area contributed by atoms with Gasteiger partial charge in [-0.15, -0.1) is 0 Å². The lowest BCUT2D eigenvalue weighted by atomic mass is 10.1. The van der Waals surface area contributed by atoms with E-state index in [2.05, 4.69) is 54.2 Å². The largest absolute Gasteiger partial charge is 0.361 e. The molecule has 0 amide bonds. The van der Waals surface area contributed by atoms with Crippen LogP contribution in [0, 0.1) is 0 Å². The lowest BCUT2D eigenvalue weighted by Gasteiger charge is -2.27. The van der Waals surface area contributed by atoms with E-state index in [1.807, 2.05) is 0 Å². The molecule has 0 aliphatic carbocycles. The van der Waals surface area contributed by atoms with Gasteiger partial charge in [-0.25, -0.2) is 0 Å². The second-order valence-electron chi connectivity index (χ2n) is 4.88. The molecule has 1 aromatic heterocycles. The average Bonchev–Trinajstić information content (AvgIpc) is 2.81. The number of H-pyrrole nitrogens is 1. The van der Waals surface area contributed by atoms with Gasteiger partial charge in [-0.2, -0.15) is 0 Å². The lowest BCUT2D eigenvalue weighted by molar-refractivity contribution is 0.201. The van der Waals surface area contributed by atoms with Crippen molar-refractivity contribution >= 4 is 10.9 Å². The molecule has 1 heterocycles. The van der Waals surface area contributed by atoms with Crippen LogP contribution in [0.3, 0.4) is 0 Å². The van der Waals surface area contributed by atoms with Crippen LogP contribution < -0.4 is 5.73 Å². The van der Waals surface area contributed by atoms with Gasteiger partial charge in [-0.05, 0) is 25.0 Å². The molecular formula is C15H23N3. The van der Waals surface area contributed by atoms with Crippen LogP contribution in [0.1, 0.15) is 25.8 Å². The zero-order valence-corrected chi connectivity index (χ0v) is 11.3. The van der Waals surface area contributed by atoms with Crippen molar-refractivity contribution in [2.24, 2.45) is 5.73 Å². The first-order chi connectivity index (χ1) is 8.76. The number of fused-ring (bicyclic) bond motifs is 1. The second-order valence-corrected chi connectivity index (χ2v) is 4.88. The Hall–Kier alpha value is -1.32. The van der Waals surface area contributed by atoms with E-state index in [0.717, 1.165) is 19.5 Å².